The van der Waals surface area contributed by atoms with Crippen LogP contribution in [-0.4, -0.2) is 52.5 Å². The summed E-state index contributed by atoms with van der Waals surface area (Å²) in [6.07, 6.45) is -3.00. The van der Waals surface area contributed by atoms with Crippen LogP contribution < -0.4 is 11.0 Å². The highest BCUT2D eigenvalue weighted by atomic mass is 127. The molecule has 1 saturated heterocycles. The van der Waals surface area contributed by atoms with Crippen molar-refractivity contribution >= 4 is 46.4 Å². The zero-order chi connectivity index (χ0) is 21.0. The molecule has 0 radical (unpaired) electrons. The predicted molar refractivity (Wildman–Crippen MR) is 103 cm³/mol. The van der Waals surface area contributed by atoms with Crippen LogP contribution in [0.25, 0.3) is 0 Å². The van der Waals surface area contributed by atoms with Gasteiger partial charge in [0.2, 0.25) is 0 Å². The number of hydrogen-bond acceptors (Lipinski definition) is 9. The topological polar surface area (TPSA) is 135 Å². The number of carbonyl (C=O) groups is 3. The van der Waals surface area contributed by atoms with Gasteiger partial charge in [-0.05, 0) is 36.4 Å². The van der Waals surface area contributed by atoms with Crippen LogP contribution in [0.1, 0.15) is 33.9 Å². The summed E-state index contributed by atoms with van der Waals surface area (Å²) in [4.78, 5) is 50.8. The van der Waals surface area contributed by atoms with Gasteiger partial charge in [-0.1, -0.05) is 0 Å². The summed E-state index contributed by atoms with van der Waals surface area (Å²) in [5.41, 5.74) is -0.759. The van der Waals surface area contributed by atoms with E-state index in [1.54, 1.807) is 13.8 Å². The molecule has 1 aromatic rings. The minimum absolute atomic E-state index is 0.0203. The molecule has 4 atom stereocenters. The normalized spacial score (nSPS) is 23.8. The Labute approximate surface area is 173 Å². The smallest absolute Gasteiger partial charge is 0.412 e. The Bertz CT molecular complexity index is 827. The zero-order valence-electron chi connectivity index (χ0n) is 15.6. The maximum absolute atomic E-state index is 12.5. The van der Waals surface area contributed by atoms with Crippen molar-refractivity contribution in [2.24, 2.45) is 0 Å². The monoisotopic (exact) mass is 509 g/mol. The lowest BCUT2D eigenvalue weighted by molar-refractivity contribution is -0.165. The molecule has 11 nitrogen and oxygen atoms in total. The summed E-state index contributed by atoms with van der Waals surface area (Å²) >= 11 is 1.87. The number of carbonyl (C=O) groups excluding carboxylic acids is 3. The molecule has 0 saturated carbocycles. The van der Waals surface area contributed by atoms with Gasteiger partial charge in [0.05, 0.1) is 16.3 Å². The third-order valence-electron chi connectivity index (χ3n) is 3.70. The highest BCUT2D eigenvalue weighted by Crippen LogP contribution is 2.33. The van der Waals surface area contributed by atoms with E-state index in [1.165, 1.54) is 20.0 Å². The quantitative estimate of drug-likeness (QED) is 0.353. The van der Waals surface area contributed by atoms with Crippen molar-refractivity contribution in [1.82, 2.24) is 9.55 Å². The minimum Gasteiger partial charge on any atom is -0.456 e. The fourth-order valence-corrected chi connectivity index (χ4v) is 3.23. The van der Waals surface area contributed by atoms with E-state index in [0.29, 0.717) is 3.57 Å². The highest BCUT2D eigenvalue weighted by molar-refractivity contribution is 14.1. The van der Waals surface area contributed by atoms with Crippen molar-refractivity contribution in [3.63, 3.8) is 0 Å². The zero-order valence-corrected chi connectivity index (χ0v) is 17.8. The Balaban J connectivity index is 2.37. The molecule has 0 aromatic carbocycles. The van der Waals surface area contributed by atoms with E-state index in [0.717, 1.165) is 4.57 Å². The van der Waals surface area contributed by atoms with Crippen LogP contribution in [0.4, 0.5) is 10.6 Å². The van der Waals surface area contributed by atoms with Gasteiger partial charge in [0.25, 0.3) is 0 Å². The molecule has 12 heteroatoms. The minimum atomic E-state index is -1.06. The molecule has 154 valence electrons. The van der Waals surface area contributed by atoms with Crippen LogP contribution in [0.2, 0.25) is 0 Å². The first-order valence-electron chi connectivity index (χ1n) is 8.36. The van der Waals surface area contributed by atoms with Gasteiger partial charge in [-0.2, -0.15) is 4.98 Å². The van der Waals surface area contributed by atoms with Gasteiger partial charge in [0.15, 0.2) is 24.3 Å². The summed E-state index contributed by atoms with van der Waals surface area (Å²) in [5.74, 6) is -1.18. The second-order valence-corrected chi connectivity index (χ2v) is 7.01. The van der Waals surface area contributed by atoms with E-state index in [2.05, 4.69) is 10.3 Å². The highest BCUT2D eigenvalue weighted by Gasteiger charge is 2.48. The third kappa shape index (κ3) is 5.19. The first kappa shape index (κ1) is 22.1. The molecule has 28 heavy (non-hydrogen) atoms. The van der Waals surface area contributed by atoms with Crippen LogP contribution in [0.5, 0.6) is 0 Å². The van der Waals surface area contributed by atoms with Crippen molar-refractivity contribution in [2.75, 3.05) is 11.9 Å². The molecule has 2 rings (SSSR count). The lowest BCUT2D eigenvalue weighted by atomic mass is 10.1. The predicted octanol–water partition coefficient (Wildman–Crippen LogP) is 1.20. The molecule has 1 amide bonds. The molecule has 2 heterocycles. The Kier molecular flexibility index (Phi) is 7.35. The van der Waals surface area contributed by atoms with Gasteiger partial charge in [0.1, 0.15) is 0 Å². The Morgan fingerprint density at radius 1 is 1.25 bits per heavy atom. The van der Waals surface area contributed by atoms with Crippen molar-refractivity contribution < 1.29 is 33.3 Å². The van der Waals surface area contributed by atoms with Crippen molar-refractivity contribution in [2.45, 2.75) is 52.2 Å². The Hall–Kier alpha value is -2.22. The Morgan fingerprint density at radius 2 is 1.86 bits per heavy atom. The number of anilines is 1. The fourth-order valence-electron chi connectivity index (χ4n) is 2.68. The molecule has 1 fully saturated rings. The molecule has 0 aliphatic carbocycles. The van der Waals surface area contributed by atoms with E-state index in [1.807, 2.05) is 22.6 Å². The van der Waals surface area contributed by atoms with E-state index < -0.39 is 48.3 Å². The van der Waals surface area contributed by atoms with Gasteiger partial charge in [-0.25, -0.2) is 9.59 Å². The fraction of sp³-hybridized carbons (Fsp3) is 0.562. The summed E-state index contributed by atoms with van der Waals surface area (Å²) in [6.45, 7) is 5.85. The number of nitrogens with zero attached hydrogens (tertiary/aromatic N) is 2. The van der Waals surface area contributed by atoms with Gasteiger partial charge < -0.3 is 18.9 Å². The second-order valence-electron chi connectivity index (χ2n) is 5.85. The molecule has 1 N–H and O–H groups in total. The SMILES string of the molecule is CCOC(=O)Nc1nc(=O)n([C@@H]2O[C@H](C)[C@@H](OC(C)=O)[C@H]2OC(C)=O)cc1I. The first-order chi connectivity index (χ1) is 13.1. The summed E-state index contributed by atoms with van der Waals surface area (Å²) < 4.78 is 22.5. The average molecular weight is 509 g/mol. The van der Waals surface area contributed by atoms with Gasteiger partial charge in [0, 0.05) is 20.0 Å². The van der Waals surface area contributed by atoms with Gasteiger partial charge >= 0.3 is 23.7 Å². The summed E-state index contributed by atoms with van der Waals surface area (Å²) in [5, 5.41) is 2.37. The number of ether oxygens (including phenoxy) is 4. The molecule has 0 bridgehead atoms. The molecule has 0 unspecified atom stereocenters. The number of halogens is 1. The van der Waals surface area contributed by atoms with Crippen molar-refractivity contribution in [1.29, 1.82) is 0 Å². The number of aromatic nitrogens is 2. The van der Waals surface area contributed by atoms with Crippen molar-refractivity contribution in [3.05, 3.63) is 20.3 Å². The lowest BCUT2D eigenvalue weighted by Crippen LogP contribution is -2.40. The van der Waals surface area contributed by atoms with Crippen LogP contribution in [0, 0.1) is 3.57 Å². The van der Waals surface area contributed by atoms with Gasteiger partial charge in [-0.3, -0.25) is 19.5 Å². The van der Waals surface area contributed by atoms with E-state index in [9.17, 15) is 19.2 Å². The van der Waals surface area contributed by atoms with E-state index >= 15 is 0 Å². The molecular formula is C16H20IN3O8. The van der Waals surface area contributed by atoms with Crippen LogP contribution >= 0.6 is 22.6 Å². The second kappa shape index (κ2) is 9.32. The van der Waals surface area contributed by atoms with Gasteiger partial charge in [-0.15, -0.1) is 0 Å². The first-order valence-corrected chi connectivity index (χ1v) is 9.44. The van der Waals surface area contributed by atoms with E-state index in [-0.39, 0.29) is 12.4 Å². The van der Waals surface area contributed by atoms with E-state index in [4.69, 9.17) is 18.9 Å². The maximum atomic E-state index is 12.5. The number of nitrogens with one attached hydrogen (secondary N) is 1. The molecule has 0 spiro atoms. The standard InChI is InChI=1S/C16H20IN3O8/c1-5-25-16(24)19-13-10(17)6-20(15(23)18-13)14-12(28-9(4)22)11(7(2)26-14)27-8(3)21/h6-7,11-12,14H,5H2,1-4H3,(H,18,19,23,24)/t7-,11-,12-,14-/m1/s1. The Morgan fingerprint density at radius 3 is 2.43 bits per heavy atom. The van der Waals surface area contributed by atoms with Crippen LogP contribution in [0.3, 0.4) is 0 Å². The third-order valence-corrected chi connectivity index (χ3v) is 4.49. The van der Waals surface area contributed by atoms with Crippen molar-refractivity contribution in [3.8, 4) is 0 Å². The van der Waals surface area contributed by atoms with Crippen LogP contribution in [0.15, 0.2) is 11.0 Å². The molecule has 1 aliphatic rings. The summed E-state index contributed by atoms with van der Waals surface area (Å²) in [6, 6.07) is 0. The number of amides is 1. The molecule has 1 aromatic heterocycles. The number of esters is 2. The molecule has 1 aliphatic heterocycles. The average Bonchev–Trinajstić information content (AvgIpc) is 2.86. The summed E-state index contributed by atoms with van der Waals surface area (Å²) in [7, 11) is 0. The largest absolute Gasteiger partial charge is 0.456 e. The number of hydrogen-bond donors (Lipinski definition) is 1. The maximum Gasteiger partial charge on any atom is 0.412 e. The number of rotatable bonds is 5. The lowest BCUT2D eigenvalue weighted by Gasteiger charge is -2.23. The molecular weight excluding hydrogens is 489 g/mol. The van der Waals surface area contributed by atoms with Crippen LogP contribution in [-0.2, 0) is 28.5 Å².